The number of aliphatic hydroxyl groups is 1. The first kappa shape index (κ1) is 13.7. The molecule has 0 aliphatic rings. The number of nitrogens with one attached hydrogen (secondary N) is 1. The number of amides is 2. The molecule has 0 bridgehead atoms. The van der Waals surface area contributed by atoms with Gasteiger partial charge in [-0.3, -0.25) is 9.59 Å². The summed E-state index contributed by atoms with van der Waals surface area (Å²) in [5.74, 6) is -1.23. The van der Waals surface area contributed by atoms with Gasteiger partial charge in [-0.2, -0.15) is 0 Å². The van der Waals surface area contributed by atoms with Gasteiger partial charge in [0.05, 0.1) is 6.54 Å². The molecular formula is C10H14BrN3O3. The first-order valence-corrected chi connectivity index (χ1v) is 5.86. The molecule has 1 rings (SSSR count). The quantitative estimate of drug-likeness (QED) is 0.705. The summed E-state index contributed by atoms with van der Waals surface area (Å²) in [5, 5.41) is 11.6. The number of carbonyl (C=O) groups is 2. The molecule has 0 spiro atoms. The highest BCUT2D eigenvalue weighted by Crippen LogP contribution is 2.14. The Kier molecular flexibility index (Phi) is 4.71. The van der Waals surface area contributed by atoms with E-state index in [1.807, 2.05) is 6.92 Å². The number of hydrogen-bond acceptors (Lipinski definition) is 3. The molecule has 0 aromatic carbocycles. The third-order valence-electron chi connectivity index (χ3n) is 2.22. The monoisotopic (exact) mass is 303 g/mol. The zero-order valence-corrected chi connectivity index (χ0v) is 10.9. The van der Waals surface area contributed by atoms with E-state index in [0.29, 0.717) is 12.2 Å². The van der Waals surface area contributed by atoms with Crippen molar-refractivity contribution >= 4 is 27.7 Å². The van der Waals surface area contributed by atoms with Crippen LogP contribution in [0.3, 0.4) is 0 Å². The fourth-order valence-electron chi connectivity index (χ4n) is 1.31. The lowest BCUT2D eigenvalue weighted by atomic mass is 10.3. The number of hydrogen-bond donors (Lipinski definition) is 3. The molecule has 7 heteroatoms. The van der Waals surface area contributed by atoms with E-state index in [2.05, 4.69) is 21.2 Å². The van der Waals surface area contributed by atoms with Gasteiger partial charge in [0.15, 0.2) is 0 Å². The number of aryl methyl sites for hydroxylation is 1. The van der Waals surface area contributed by atoms with Crippen molar-refractivity contribution in [2.75, 3.05) is 6.54 Å². The summed E-state index contributed by atoms with van der Waals surface area (Å²) in [5.41, 5.74) is 5.32. The molecule has 1 atom stereocenters. The van der Waals surface area contributed by atoms with Gasteiger partial charge in [0.2, 0.25) is 5.91 Å². The molecule has 0 aliphatic heterocycles. The lowest BCUT2D eigenvalue weighted by Gasteiger charge is -2.09. The Morgan fingerprint density at radius 2 is 2.29 bits per heavy atom. The van der Waals surface area contributed by atoms with Crippen molar-refractivity contribution in [3.05, 3.63) is 22.4 Å². The lowest BCUT2D eigenvalue weighted by molar-refractivity contribution is -0.125. The average molecular weight is 304 g/mol. The van der Waals surface area contributed by atoms with Crippen molar-refractivity contribution in [2.24, 2.45) is 5.73 Å². The SMILES string of the molecule is CCn1cc(Br)cc1C(=O)NCC(O)C(N)=O. The van der Waals surface area contributed by atoms with Crippen LogP contribution in [0.25, 0.3) is 0 Å². The van der Waals surface area contributed by atoms with Crippen LogP contribution in [0.5, 0.6) is 0 Å². The van der Waals surface area contributed by atoms with Gasteiger partial charge >= 0.3 is 0 Å². The van der Waals surface area contributed by atoms with Gasteiger partial charge in [-0.1, -0.05) is 0 Å². The van der Waals surface area contributed by atoms with E-state index in [9.17, 15) is 9.59 Å². The second kappa shape index (κ2) is 5.83. The molecule has 2 amide bonds. The Labute approximate surface area is 107 Å². The number of rotatable bonds is 5. The maximum atomic E-state index is 11.7. The van der Waals surface area contributed by atoms with E-state index in [0.717, 1.165) is 4.47 Å². The summed E-state index contributed by atoms with van der Waals surface area (Å²) >= 11 is 3.27. The molecule has 1 heterocycles. The van der Waals surface area contributed by atoms with Gasteiger partial charge in [0, 0.05) is 17.2 Å². The van der Waals surface area contributed by atoms with E-state index < -0.39 is 12.0 Å². The maximum absolute atomic E-state index is 11.7. The Balaban J connectivity index is 2.66. The summed E-state index contributed by atoms with van der Waals surface area (Å²) in [6, 6.07) is 1.66. The third kappa shape index (κ3) is 3.57. The highest BCUT2D eigenvalue weighted by Gasteiger charge is 2.15. The van der Waals surface area contributed by atoms with Crippen LogP contribution in [0.4, 0.5) is 0 Å². The van der Waals surface area contributed by atoms with E-state index in [-0.39, 0.29) is 12.5 Å². The van der Waals surface area contributed by atoms with Crippen molar-refractivity contribution < 1.29 is 14.7 Å². The number of aromatic nitrogens is 1. The smallest absolute Gasteiger partial charge is 0.268 e. The zero-order chi connectivity index (χ0) is 13.0. The van der Waals surface area contributed by atoms with Gasteiger partial charge < -0.3 is 20.7 Å². The zero-order valence-electron chi connectivity index (χ0n) is 9.31. The molecule has 0 saturated heterocycles. The molecule has 6 nitrogen and oxygen atoms in total. The topological polar surface area (TPSA) is 97.3 Å². The highest BCUT2D eigenvalue weighted by atomic mass is 79.9. The minimum atomic E-state index is -1.37. The van der Waals surface area contributed by atoms with Crippen molar-refractivity contribution in [2.45, 2.75) is 19.6 Å². The van der Waals surface area contributed by atoms with Crippen molar-refractivity contribution in [3.63, 3.8) is 0 Å². The molecule has 0 aliphatic carbocycles. The number of nitrogens with two attached hydrogens (primary N) is 1. The number of carbonyl (C=O) groups excluding carboxylic acids is 2. The Morgan fingerprint density at radius 3 is 2.82 bits per heavy atom. The maximum Gasteiger partial charge on any atom is 0.268 e. The van der Waals surface area contributed by atoms with Gasteiger partial charge in [-0.25, -0.2) is 0 Å². The van der Waals surface area contributed by atoms with Crippen LogP contribution < -0.4 is 11.1 Å². The summed E-state index contributed by atoms with van der Waals surface area (Å²) in [6.07, 6.45) is 0.409. The molecule has 0 saturated carbocycles. The average Bonchev–Trinajstić information content (AvgIpc) is 2.66. The molecule has 17 heavy (non-hydrogen) atoms. The third-order valence-corrected chi connectivity index (χ3v) is 2.65. The normalized spacial score (nSPS) is 12.2. The van der Waals surface area contributed by atoms with Crippen LogP contribution in [-0.4, -0.2) is 34.1 Å². The van der Waals surface area contributed by atoms with Gasteiger partial charge in [-0.15, -0.1) is 0 Å². The van der Waals surface area contributed by atoms with Crippen LogP contribution in [0.15, 0.2) is 16.7 Å². The minimum absolute atomic E-state index is 0.194. The van der Waals surface area contributed by atoms with Gasteiger partial charge in [0.1, 0.15) is 11.8 Å². The largest absolute Gasteiger partial charge is 0.381 e. The van der Waals surface area contributed by atoms with Crippen LogP contribution in [-0.2, 0) is 11.3 Å². The Morgan fingerprint density at radius 1 is 1.65 bits per heavy atom. The summed E-state index contributed by atoms with van der Waals surface area (Å²) in [7, 11) is 0. The molecule has 94 valence electrons. The lowest BCUT2D eigenvalue weighted by Crippen LogP contribution is -2.40. The van der Waals surface area contributed by atoms with Crippen molar-refractivity contribution in [3.8, 4) is 0 Å². The molecule has 4 N–H and O–H groups in total. The van der Waals surface area contributed by atoms with Crippen LogP contribution in [0.1, 0.15) is 17.4 Å². The summed E-state index contributed by atoms with van der Waals surface area (Å²) in [6.45, 7) is 2.36. The van der Waals surface area contributed by atoms with Crippen molar-refractivity contribution in [1.29, 1.82) is 0 Å². The summed E-state index contributed by atoms with van der Waals surface area (Å²) in [4.78, 5) is 22.3. The van der Waals surface area contributed by atoms with E-state index >= 15 is 0 Å². The van der Waals surface area contributed by atoms with E-state index in [1.165, 1.54) is 0 Å². The van der Waals surface area contributed by atoms with E-state index in [1.54, 1.807) is 16.8 Å². The summed E-state index contributed by atoms with van der Waals surface area (Å²) < 4.78 is 2.54. The molecule has 1 aromatic heterocycles. The molecule has 1 aromatic rings. The predicted molar refractivity (Wildman–Crippen MR) is 65.3 cm³/mol. The predicted octanol–water partition coefficient (Wildman–Crippen LogP) is -0.154. The van der Waals surface area contributed by atoms with Gasteiger partial charge in [0.25, 0.3) is 5.91 Å². The molecule has 1 unspecified atom stereocenters. The minimum Gasteiger partial charge on any atom is -0.381 e. The van der Waals surface area contributed by atoms with Gasteiger partial charge in [-0.05, 0) is 28.9 Å². The first-order valence-electron chi connectivity index (χ1n) is 5.07. The Bertz CT molecular complexity index is 430. The Hall–Kier alpha value is -1.34. The number of halogens is 1. The standard InChI is InChI=1S/C10H14BrN3O3/c1-2-14-5-6(11)3-7(14)10(17)13-4-8(15)9(12)16/h3,5,8,15H,2,4H2,1H3,(H2,12,16)(H,13,17). The van der Waals surface area contributed by atoms with Crippen LogP contribution in [0.2, 0.25) is 0 Å². The second-order valence-electron chi connectivity index (χ2n) is 3.46. The molecular weight excluding hydrogens is 290 g/mol. The number of aliphatic hydroxyl groups excluding tert-OH is 1. The second-order valence-corrected chi connectivity index (χ2v) is 4.37. The number of primary amides is 1. The molecule has 0 fully saturated rings. The van der Waals surface area contributed by atoms with E-state index in [4.69, 9.17) is 10.8 Å². The van der Waals surface area contributed by atoms with Crippen molar-refractivity contribution in [1.82, 2.24) is 9.88 Å². The van der Waals surface area contributed by atoms with Crippen LogP contribution >= 0.6 is 15.9 Å². The molecule has 0 radical (unpaired) electrons. The highest BCUT2D eigenvalue weighted by molar-refractivity contribution is 9.10. The number of nitrogens with zero attached hydrogens (tertiary/aromatic N) is 1. The fourth-order valence-corrected chi connectivity index (χ4v) is 1.77. The fraction of sp³-hybridized carbons (Fsp3) is 0.400. The first-order chi connectivity index (χ1) is 7.95. The van der Waals surface area contributed by atoms with Crippen LogP contribution in [0, 0.1) is 0 Å².